The van der Waals surface area contributed by atoms with Crippen molar-refractivity contribution in [3.63, 3.8) is 0 Å². The molecule has 0 saturated carbocycles. The molecular weight excluding hydrogens is 264 g/mol. The number of carbonyl (C=O) groups is 1. The van der Waals surface area contributed by atoms with Gasteiger partial charge in [-0.1, -0.05) is 12.1 Å². The van der Waals surface area contributed by atoms with Crippen LogP contribution in [0.25, 0.3) is 0 Å². The van der Waals surface area contributed by atoms with Crippen molar-refractivity contribution in [1.29, 1.82) is 0 Å². The summed E-state index contributed by atoms with van der Waals surface area (Å²) in [4.78, 5) is 11.1. The Morgan fingerprint density at radius 3 is 2.56 bits per heavy atom. The monoisotopic (exact) mass is 282 g/mol. The number of nitrogens with two attached hydrogens (primary N) is 1. The maximum Gasteiger partial charge on any atom is 0.421 e. The molecule has 0 aliphatic rings. The molecule has 1 amide bonds. The SMILES string of the molecule is CCCN(CC(N)=NO)S(=O)(=O)NC(=O)OCC. The van der Waals surface area contributed by atoms with Crippen LogP contribution in [-0.2, 0) is 14.9 Å². The Bertz CT molecular complexity index is 394. The molecule has 0 aromatic carbocycles. The van der Waals surface area contributed by atoms with E-state index in [-0.39, 0.29) is 25.5 Å². The van der Waals surface area contributed by atoms with E-state index < -0.39 is 16.3 Å². The molecule has 0 aliphatic heterocycles. The van der Waals surface area contributed by atoms with Gasteiger partial charge in [-0.15, -0.1) is 0 Å². The molecule has 0 bridgehead atoms. The van der Waals surface area contributed by atoms with Gasteiger partial charge in [0.25, 0.3) is 0 Å². The van der Waals surface area contributed by atoms with Gasteiger partial charge in [-0.2, -0.15) is 12.7 Å². The van der Waals surface area contributed by atoms with Gasteiger partial charge in [-0.3, -0.25) is 0 Å². The van der Waals surface area contributed by atoms with Crippen LogP contribution in [0.2, 0.25) is 0 Å². The number of amides is 1. The number of nitrogens with zero attached hydrogens (tertiary/aromatic N) is 2. The standard InChI is InChI=1S/C8H18N4O5S/c1-3-5-12(6-7(9)10-14)18(15,16)11-8(13)17-4-2/h14H,3-6H2,1-2H3,(H2,9,10)(H,11,13). The van der Waals surface area contributed by atoms with Crippen molar-refractivity contribution in [2.45, 2.75) is 20.3 Å². The quantitative estimate of drug-likeness (QED) is 0.248. The van der Waals surface area contributed by atoms with Crippen LogP contribution in [0.5, 0.6) is 0 Å². The number of ether oxygens (including phenoxy) is 1. The van der Waals surface area contributed by atoms with E-state index in [1.165, 1.54) is 0 Å². The van der Waals surface area contributed by atoms with Crippen LogP contribution in [0.1, 0.15) is 20.3 Å². The van der Waals surface area contributed by atoms with Crippen LogP contribution in [0.4, 0.5) is 4.79 Å². The number of hydrogen-bond donors (Lipinski definition) is 3. The zero-order valence-electron chi connectivity index (χ0n) is 10.3. The highest BCUT2D eigenvalue weighted by Crippen LogP contribution is 2.00. The van der Waals surface area contributed by atoms with Crippen molar-refractivity contribution >= 4 is 22.1 Å². The van der Waals surface area contributed by atoms with Crippen LogP contribution in [0, 0.1) is 0 Å². The van der Waals surface area contributed by atoms with Gasteiger partial charge in [-0.25, -0.2) is 9.52 Å². The fourth-order valence-corrected chi connectivity index (χ4v) is 2.20. The second-order valence-electron chi connectivity index (χ2n) is 3.25. The molecule has 0 saturated heterocycles. The van der Waals surface area contributed by atoms with Gasteiger partial charge in [0, 0.05) is 6.54 Å². The highest BCUT2D eigenvalue weighted by Gasteiger charge is 2.25. The van der Waals surface area contributed by atoms with Crippen LogP contribution < -0.4 is 10.5 Å². The van der Waals surface area contributed by atoms with Gasteiger partial charge in [0.1, 0.15) is 0 Å². The van der Waals surface area contributed by atoms with Crippen molar-refractivity contribution in [3.8, 4) is 0 Å². The van der Waals surface area contributed by atoms with E-state index in [1.807, 2.05) is 0 Å². The number of oxime groups is 1. The van der Waals surface area contributed by atoms with Crippen LogP contribution in [0.15, 0.2) is 5.16 Å². The third-order valence-corrected chi connectivity index (χ3v) is 3.18. The van der Waals surface area contributed by atoms with Gasteiger partial charge >= 0.3 is 16.3 Å². The molecule has 0 atom stereocenters. The fraction of sp³-hybridized carbons (Fsp3) is 0.750. The van der Waals surface area contributed by atoms with Crippen molar-refractivity contribution in [2.75, 3.05) is 19.7 Å². The molecule has 0 aliphatic carbocycles. The topological polar surface area (TPSA) is 134 Å². The fourth-order valence-electron chi connectivity index (χ4n) is 1.08. The largest absolute Gasteiger partial charge is 0.449 e. The molecule has 0 spiro atoms. The summed E-state index contributed by atoms with van der Waals surface area (Å²) in [5, 5.41) is 11.1. The van der Waals surface area contributed by atoms with E-state index >= 15 is 0 Å². The van der Waals surface area contributed by atoms with Crippen molar-refractivity contribution < 1.29 is 23.2 Å². The molecule has 10 heteroatoms. The van der Waals surface area contributed by atoms with E-state index in [9.17, 15) is 13.2 Å². The predicted octanol–water partition coefficient (Wildman–Crippen LogP) is -0.564. The second kappa shape index (κ2) is 7.71. The van der Waals surface area contributed by atoms with Gasteiger partial charge in [0.05, 0.1) is 13.2 Å². The highest BCUT2D eigenvalue weighted by molar-refractivity contribution is 7.87. The summed E-state index contributed by atoms with van der Waals surface area (Å²) in [5.74, 6) is -0.280. The highest BCUT2D eigenvalue weighted by atomic mass is 32.2. The van der Waals surface area contributed by atoms with Crippen LogP contribution in [0.3, 0.4) is 0 Å². The number of hydrogen-bond acceptors (Lipinski definition) is 6. The van der Waals surface area contributed by atoms with E-state index in [4.69, 9.17) is 10.9 Å². The summed E-state index contributed by atoms with van der Waals surface area (Å²) in [6.45, 7) is 3.14. The van der Waals surface area contributed by atoms with Crippen LogP contribution in [-0.4, -0.2) is 49.6 Å². The molecule has 0 fully saturated rings. The maximum atomic E-state index is 11.8. The average molecular weight is 282 g/mol. The minimum absolute atomic E-state index is 0.0510. The first kappa shape index (κ1) is 16.4. The Hall–Kier alpha value is -1.55. The van der Waals surface area contributed by atoms with Gasteiger partial charge in [0.2, 0.25) is 0 Å². The van der Waals surface area contributed by atoms with Gasteiger partial charge in [-0.05, 0) is 13.3 Å². The summed E-state index contributed by atoms with van der Waals surface area (Å²) in [6.07, 6.45) is -0.569. The first-order valence-electron chi connectivity index (χ1n) is 5.28. The number of amidine groups is 1. The molecule has 0 rings (SSSR count). The second-order valence-corrected chi connectivity index (χ2v) is 4.92. The predicted molar refractivity (Wildman–Crippen MR) is 64.4 cm³/mol. The molecule has 0 aromatic rings. The lowest BCUT2D eigenvalue weighted by Gasteiger charge is -2.20. The lowest BCUT2D eigenvalue weighted by molar-refractivity contribution is 0.158. The lowest BCUT2D eigenvalue weighted by atomic mass is 10.4. The number of carbonyl (C=O) groups excluding carboxylic acids is 1. The Morgan fingerprint density at radius 2 is 2.11 bits per heavy atom. The third kappa shape index (κ3) is 5.68. The lowest BCUT2D eigenvalue weighted by Crippen LogP contribution is -2.47. The van der Waals surface area contributed by atoms with Gasteiger partial charge in [0.15, 0.2) is 5.84 Å². The zero-order chi connectivity index (χ0) is 14.2. The van der Waals surface area contributed by atoms with Crippen LogP contribution >= 0.6 is 0 Å². The minimum Gasteiger partial charge on any atom is -0.449 e. The van der Waals surface area contributed by atoms with E-state index in [2.05, 4.69) is 9.89 Å². The molecule has 9 nitrogen and oxygen atoms in total. The average Bonchev–Trinajstić information content (AvgIpc) is 2.27. The molecular formula is C8H18N4O5S. The molecule has 0 radical (unpaired) electrons. The summed E-state index contributed by atoms with van der Waals surface area (Å²) in [7, 11) is -4.07. The Kier molecular flexibility index (Phi) is 7.05. The van der Waals surface area contributed by atoms with Gasteiger partial charge < -0.3 is 15.7 Å². The summed E-state index contributed by atoms with van der Waals surface area (Å²) in [5.41, 5.74) is 5.24. The molecule has 0 unspecified atom stereocenters. The molecule has 0 heterocycles. The smallest absolute Gasteiger partial charge is 0.421 e. The minimum atomic E-state index is -4.07. The first-order valence-corrected chi connectivity index (χ1v) is 6.72. The van der Waals surface area contributed by atoms with Crippen molar-refractivity contribution in [2.24, 2.45) is 10.9 Å². The van der Waals surface area contributed by atoms with E-state index in [0.29, 0.717) is 6.42 Å². The summed E-state index contributed by atoms with van der Waals surface area (Å²) >= 11 is 0. The first-order chi connectivity index (χ1) is 8.37. The summed E-state index contributed by atoms with van der Waals surface area (Å²) in [6, 6.07) is 0. The molecule has 18 heavy (non-hydrogen) atoms. The maximum absolute atomic E-state index is 11.8. The Morgan fingerprint density at radius 1 is 1.50 bits per heavy atom. The Balaban J connectivity index is 4.81. The molecule has 4 N–H and O–H groups in total. The third-order valence-electron chi connectivity index (χ3n) is 1.77. The molecule has 106 valence electrons. The Labute approximate surface area is 106 Å². The van der Waals surface area contributed by atoms with E-state index in [1.54, 1.807) is 18.6 Å². The zero-order valence-corrected chi connectivity index (χ0v) is 11.1. The van der Waals surface area contributed by atoms with Crippen molar-refractivity contribution in [1.82, 2.24) is 9.03 Å². The number of nitrogens with one attached hydrogen (secondary N) is 1. The normalized spacial score (nSPS) is 12.5. The van der Waals surface area contributed by atoms with E-state index in [0.717, 1.165) is 4.31 Å². The van der Waals surface area contributed by atoms with Crippen molar-refractivity contribution in [3.05, 3.63) is 0 Å². The number of rotatable bonds is 7. The summed E-state index contributed by atoms with van der Waals surface area (Å²) < 4.78 is 30.6. The molecule has 0 aromatic heterocycles.